The van der Waals surface area contributed by atoms with E-state index in [1.165, 1.54) is 0 Å². The van der Waals surface area contributed by atoms with Crippen molar-refractivity contribution in [3.63, 3.8) is 0 Å². The third kappa shape index (κ3) is 3.84. The molecule has 10 heteroatoms. The summed E-state index contributed by atoms with van der Waals surface area (Å²) in [6, 6.07) is 9.60. The van der Waals surface area contributed by atoms with Crippen LogP contribution in [0.5, 0.6) is 0 Å². The Bertz CT molecular complexity index is 1280. The van der Waals surface area contributed by atoms with Crippen LogP contribution in [0.15, 0.2) is 66.0 Å². The number of pyridine rings is 2. The molecule has 3 aromatic heterocycles. The second kappa shape index (κ2) is 7.64. The van der Waals surface area contributed by atoms with Crippen molar-refractivity contribution in [1.82, 2.24) is 24.2 Å². The first kappa shape index (κ1) is 19.1. The van der Waals surface area contributed by atoms with E-state index in [-0.39, 0.29) is 18.0 Å². The fourth-order valence-corrected chi connectivity index (χ4v) is 3.94. The molecule has 0 bridgehead atoms. The van der Waals surface area contributed by atoms with E-state index in [0.29, 0.717) is 23.1 Å². The number of halogens is 2. The summed E-state index contributed by atoms with van der Waals surface area (Å²) in [7, 11) is -4.00. The first-order valence-corrected chi connectivity index (χ1v) is 10.1. The van der Waals surface area contributed by atoms with Crippen LogP contribution in [0, 0.1) is 11.6 Å². The minimum atomic E-state index is -4.00. The van der Waals surface area contributed by atoms with Gasteiger partial charge in [-0.3, -0.25) is 4.98 Å². The summed E-state index contributed by atoms with van der Waals surface area (Å²) >= 11 is 0. The summed E-state index contributed by atoms with van der Waals surface area (Å²) in [6.07, 6.45) is 4.90. The van der Waals surface area contributed by atoms with Crippen LogP contribution >= 0.6 is 0 Å². The SMILES string of the molecule is O=S(=O)(NCCn1c(-c2ccncc2)nc2cccnc21)c1ccc(F)c(F)c1. The average molecular weight is 415 g/mol. The van der Waals surface area contributed by atoms with E-state index < -0.39 is 21.7 Å². The number of nitrogens with one attached hydrogen (secondary N) is 1. The van der Waals surface area contributed by atoms with Crippen LogP contribution in [-0.4, -0.2) is 34.5 Å². The van der Waals surface area contributed by atoms with Gasteiger partial charge in [0.15, 0.2) is 17.3 Å². The summed E-state index contributed by atoms with van der Waals surface area (Å²) in [5.41, 5.74) is 2.08. The van der Waals surface area contributed by atoms with Crippen molar-refractivity contribution < 1.29 is 17.2 Å². The van der Waals surface area contributed by atoms with Gasteiger partial charge >= 0.3 is 0 Å². The fraction of sp³-hybridized carbons (Fsp3) is 0.105. The molecule has 0 atom stereocenters. The lowest BCUT2D eigenvalue weighted by molar-refractivity contribution is 0.504. The van der Waals surface area contributed by atoms with Crippen molar-refractivity contribution in [2.45, 2.75) is 11.4 Å². The minimum absolute atomic E-state index is 0.00144. The summed E-state index contributed by atoms with van der Waals surface area (Å²) in [5, 5.41) is 0. The molecule has 0 unspecified atom stereocenters. The van der Waals surface area contributed by atoms with E-state index in [9.17, 15) is 17.2 Å². The van der Waals surface area contributed by atoms with Crippen LogP contribution in [0.4, 0.5) is 8.78 Å². The van der Waals surface area contributed by atoms with Gasteiger partial charge in [0.1, 0.15) is 11.3 Å². The maximum absolute atomic E-state index is 13.4. The van der Waals surface area contributed by atoms with Crippen molar-refractivity contribution in [2.75, 3.05) is 6.54 Å². The molecule has 0 spiro atoms. The molecule has 0 saturated heterocycles. The number of sulfonamides is 1. The first-order valence-electron chi connectivity index (χ1n) is 8.62. The molecule has 4 aromatic rings. The molecule has 0 aliphatic carbocycles. The zero-order valence-corrected chi connectivity index (χ0v) is 15.8. The number of hydrogen-bond acceptors (Lipinski definition) is 5. The van der Waals surface area contributed by atoms with Crippen LogP contribution in [0.2, 0.25) is 0 Å². The number of imidazole rings is 1. The molecule has 0 radical (unpaired) electrons. The van der Waals surface area contributed by atoms with Crippen LogP contribution in [-0.2, 0) is 16.6 Å². The number of nitrogens with zero attached hydrogens (tertiary/aromatic N) is 4. The van der Waals surface area contributed by atoms with Gasteiger partial charge in [-0.05, 0) is 42.5 Å². The normalized spacial score (nSPS) is 11.8. The number of rotatable bonds is 6. The summed E-state index contributed by atoms with van der Waals surface area (Å²) < 4.78 is 55.4. The maximum atomic E-state index is 13.4. The standard InChI is InChI=1S/C19H15F2N5O2S/c20-15-4-3-14(12-16(15)21)29(27,28)24-10-11-26-18(13-5-8-22-9-6-13)25-17-2-1-7-23-19(17)26/h1-9,12,24H,10-11H2. The lowest BCUT2D eigenvalue weighted by Gasteiger charge is -2.11. The van der Waals surface area contributed by atoms with Gasteiger partial charge in [-0.2, -0.15) is 0 Å². The minimum Gasteiger partial charge on any atom is -0.307 e. The highest BCUT2D eigenvalue weighted by molar-refractivity contribution is 7.89. The van der Waals surface area contributed by atoms with Gasteiger partial charge in [0.05, 0.1) is 4.90 Å². The van der Waals surface area contributed by atoms with Gasteiger partial charge < -0.3 is 4.57 Å². The highest BCUT2D eigenvalue weighted by Crippen LogP contribution is 2.23. The quantitative estimate of drug-likeness (QED) is 0.523. The molecular formula is C19H15F2N5O2S. The molecule has 7 nitrogen and oxygen atoms in total. The average Bonchev–Trinajstić information content (AvgIpc) is 3.09. The lowest BCUT2D eigenvalue weighted by Crippen LogP contribution is -2.27. The molecular weight excluding hydrogens is 400 g/mol. The monoisotopic (exact) mass is 415 g/mol. The predicted octanol–water partition coefficient (Wildman–Crippen LogP) is 2.75. The predicted molar refractivity (Wildman–Crippen MR) is 102 cm³/mol. The van der Waals surface area contributed by atoms with Crippen LogP contribution in [0.1, 0.15) is 0 Å². The Morgan fingerprint density at radius 3 is 2.55 bits per heavy atom. The van der Waals surface area contributed by atoms with Crippen molar-refractivity contribution in [3.8, 4) is 11.4 Å². The Hall–Kier alpha value is -3.24. The Labute approximate surface area is 165 Å². The zero-order chi connectivity index (χ0) is 20.4. The maximum Gasteiger partial charge on any atom is 0.240 e. The Balaban J connectivity index is 1.60. The van der Waals surface area contributed by atoms with Gasteiger partial charge in [-0.1, -0.05) is 0 Å². The van der Waals surface area contributed by atoms with Crippen molar-refractivity contribution >= 4 is 21.2 Å². The molecule has 0 aliphatic heterocycles. The second-order valence-corrected chi connectivity index (χ2v) is 7.91. The molecule has 0 amide bonds. The van der Waals surface area contributed by atoms with Crippen molar-refractivity contribution in [1.29, 1.82) is 0 Å². The largest absolute Gasteiger partial charge is 0.307 e. The van der Waals surface area contributed by atoms with Gasteiger partial charge in [0.2, 0.25) is 10.0 Å². The molecule has 0 saturated carbocycles. The van der Waals surface area contributed by atoms with Gasteiger partial charge in [-0.25, -0.2) is 31.9 Å². The second-order valence-electron chi connectivity index (χ2n) is 6.14. The van der Waals surface area contributed by atoms with Gasteiger partial charge in [0, 0.05) is 37.2 Å². The molecule has 1 N–H and O–H groups in total. The van der Waals surface area contributed by atoms with E-state index in [1.54, 1.807) is 41.4 Å². The van der Waals surface area contributed by atoms with Crippen molar-refractivity contribution in [3.05, 3.63) is 72.7 Å². The molecule has 0 fully saturated rings. The smallest absolute Gasteiger partial charge is 0.240 e. The summed E-state index contributed by atoms with van der Waals surface area (Å²) in [4.78, 5) is 12.6. The molecule has 4 rings (SSSR count). The first-order chi connectivity index (χ1) is 14.0. The number of benzene rings is 1. The molecule has 0 aliphatic rings. The van der Waals surface area contributed by atoms with E-state index in [4.69, 9.17) is 0 Å². The van der Waals surface area contributed by atoms with E-state index in [2.05, 4.69) is 19.7 Å². The highest BCUT2D eigenvalue weighted by Gasteiger charge is 2.18. The number of fused-ring (bicyclic) bond motifs is 1. The number of aromatic nitrogens is 4. The van der Waals surface area contributed by atoms with E-state index >= 15 is 0 Å². The topological polar surface area (TPSA) is 89.8 Å². The van der Waals surface area contributed by atoms with Gasteiger partial charge in [0.25, 0.3) is 0 Å². The number of hydrogen-bond donors (Lipinski definition) is 1. The van der Waals surface area contributed by atoms with Gasteiger partial charge in [-0.15, -0.1) is 0 Å². The highest BCUT2D eigenvalue weighted by atomic mass is 32.2. The van der Waals surface area contributed by atoms with Crippen LogP contribution in [0.25, 0.3) is 22.6 Å². The molecule has 3 heterocycles. The Kier molecular flexibility index (Phi) is 5.03. The molecule has 148 valence electrons. The summed E-state index contributed by atoms with van der Waals surface area (Å²) in [6.45, 7) is 0.232. The van der Waals surface area contributed by atoms with Crippen molar-refractivity contribution in [2.24, 2.45) is 0 Å². The third-order valence-electron chi connectivity index (χ3n) is 4.27. The zero-order valence-electron chi connectivity index (χ0n) is 15.0. The summed E-state index contributed by atoms with van der Waals surface area (Å²) in [5.74, 6) is -1.72. The Morgan fingerprint density at radius 1 is 1.00 bits per heavy atom. The molecule has 29 heavy (non-hydrogen) atoms. The molecule has 1 aromatic carbocycles. The van der Waals surface area contributed by atoms with Crippen LogP contribution in [0.3, 0.4) is 0 Å². The van der Waals surface area contributed by atoms with E-state index in [1.807, 2.05) is 6.07 Å². The Morgan fingerprint density at radius 2 is 1.79 bits per heavy atom. The van der Waals surface area contributed by atoms with E-state index in [0.717, 1.165) is 17.7 Å². The lowest BCUT2D eigenvalue weighted by atomic mass is 10.2. The third-order valence-corrected chi connectivity index (χ3v) is 5.73. The van der Waals surface area contributed by atoms with Crippen LogP contribution < -0.4 is 4.72 Å². The fourth-order valence-electron chi connectivity index (χ4n) is 2.91.